The average molecular weight is 185 g/mol. The number of rotatable bonds is 3. The minimum atomic E-state index is 0.318. The molecule has 0 radical (unpaired) electrons. The van der Waals surface area contributed by atoms with E-state index in [1.165, 1.54) is 37.7 Å². The van der Waals surface area contributed by atoms with E-state index >= 15 is 0 Å². The molecular formula is C10H19NS. The molecule has 12 heavy (non-hydrogen) atoms. The van der Waals surface area contributed by atoms with Crippen LogP contribution in [0.3, 0.4) is 0 Å². The topological polar surface area (TPSA) is 26.0 Å². The van der Waals surface area contributed by atoms with Gasteiger partial charge >= 0.3 is 0 Å². The Morgan fingerprint density at radius 2 is 2.33 bits per heavy atom. The second-order valence-corrected chi connectivity index (χ2v) is 4.35. The van der Waals surface area contributed by atoms with Gasteiger partial charge in [0.05, 0.1) is 0 Å². The van der Waals surface area contributed by atoms with Crippen molar-refractivity contribution in [2.75, 3.05) is 12.0 Å². The van der Waals surface area contributed by atoms with Crippen LogP contribution in [0.15, 0.2) is 11.6 Å². The van der Waals surface area contributed by atoms with Gasteiger partial charge in [0.2, 0.25) is 0 Å². The highest BCUT2D eigenvalue weighted by molar-refractivity contribution is 7.98. The molecule has 0 aromatic carbocycles. The molecular weight excluding hydrogens is 166 g/mol. The molecule has 0 aromatic heterocycles. The number of allylic oxidation sites excluding steroid dienone is 1. The molecule has 2 heteroatoms. The van der Waals surface area contributed by atoms with Gasteiger partial charge in [-0.25, -0.2) is 0 Å². The highest BCUT2D eigenvalue weighted by atomic mass is 32.2. The van der Waals surface area contributed by atoms with Crippen LogP contribution in [0.25, 0.3) is 0 Å². The van der Waals surface area contributed by atoms with Crippen LogP contribution in [0.4, 0.5) is 0 Å². The van der Waals surface area contributed by atoms with E-state index in [-0.39, 0.29) is 0 Å². The molecule has 0 bridgehead atoms. The zero-order valence-electron chi connectivity index (χ0n) is 7.88. The summed E-state index contributed by atoms with van der Waals surface area (Å²) in [7, 11) is 0. The molecule has 0 saturated heterocycles. The smallest absolute Gasteiger partial charge is 0.0345 e. The number of thioether (sulfide) groups is 1. The maximum Gasteiger partial charge on any atom is 0.0345 e. The molecule has 0 aliphatic heterocycles. The molecule has 0 fully saturated rings. The van der Waals surface area contributed by atoms with Crippen LogP contribution in [0, 0.1) is 0 Å². The van der Waals surface area contributed by atoms with Gasteiger partial charge in [0.25, 0.3) is 0 Å². The van der Waals surface area contributed by atoms with Crippen LogP contribution >= 0.6 is 11.8 Å². The van der Waals surface area contributed by atoms with Crippen LogP contribution in [0.1, 0.15) is 32.1 Å². The Balaban J connectivity index is 2.41. The van der Waals surface area contributed by atoms with Gasteiger partial charge in [0.1, 0.15) is 0 Å². The van der Waals surface area contributed by atoms with Crippen molar-refractivity contribution in [1.82, 2.24) is 0 Å². The Morgan fingerprint density at radius 3 is 3.08 bits per heavy atom. The first-order valence-electron chi connectivity index (χ1n) is 4.78. The summed E-state index contributed by atoms with van der Waals surface area (Å²) in [6.45, 7) is 0. The van der Waals surface area contributed by atoms with Crippen LogP contribution in [0.5, 0.6) is 0 Å². The summed E-state index contributed by atoms with van der Waals surface area (Å²) in [5.74, 6) is 1.08. The Morgan fingerprint density at radius 1 is 1.50 bits per heavy atom. The zero-order valence-corrected chi connectivity index (χ0v) is 8.70. The lowest BCUT2D eigenvalue weighted by atomic mass is 10.0. The second kappa shape index (κ2) is 5.65. The summed E-state index contributed by atoms with van der Waals surface area (Å²) >= 11 is 1.84. The molecule has 1 unspecified atom stereocenters. The van der Waals surface area contributed by atoms with Crippen molar-refractivity contribution in [1.29, 1.82) is 0 Å². The standard InChI is InChI=1S/C10H19NS/c1-12-8-10(11)9-6-4-2-3-5-7-9/h6,10H,2-5,7-8,11H2,1H3. The lowest BCUT2D eigenvalue weighted by Gasteiger charge is -2.13. The number of hydrogen-bond acceptors (Lipinski definition) is 2. The van der Waals surface area contributed by atoms with E-state index < -0.39 is 0 Å². The van der Waals surface area contributed by atoms with Gasteiger partial charge in [-0.05, 0) is 31.9 Å². The van der Waals surface area contributed by atoms with Gasteiger partial charge in [0.15, 0.2) is 0 Å². The lowest BCUT2D eigenvalue weighted by molar-refractivity contribution is 0.693. The molecule has 1 aliphatic carbocycles. The number of nitrogens with two attached hydrogens (primary N) is 1. The Kier molecular flexibility index (Phi) is 4.77. The van der Waals surface area contributed by atoms with E-state index in [1.54, 1.807) is 0 Å². The first-order valence-corrected chi connectivity index (χ1v) is 6.17. The maximum atomic E-state index is 6.04. The first-order chi connectivity index (χ1) is 5.84. The van der Waals surface area contributed by atoms with Gasteiger partial charge in [-0.2, -0.15) is 11.8 Å². The minimum absolute atomic E-state index is 0.318. The lowest BCUT2D eigenvalue weighted by Crippen LogP contribution is -2.25. The highest BCUT2D eigenvalue weighted by Gasteiger charge is 2.09. The van der Waals surface area contributed by atoms with Gasteiger partial charge < -0.3 is 5.73 Å². The largest absolute Gasteiger partial charge is 0.324 e. The molecule has 0 amide bonds. The van der Waals surface area contributed by atoms with Crippen molar-refractivity contribution in [2.24, 2.45) is 5.73 Å². The van der Waals surface area contributed by atoms with Crippen LogP contribution in [-0.4, -0.2) is 18.1 Å². The fourth-order valence-electron chi connectivity index (χ4n) is 1.66. The fourth-order valence-corrected chi connectivity index (χ4v) is 2.24. The third-order valence-corrected chi connectivity index (χ3v) is 3.09. The van der Waals surface area contributed by atoms with Crippen LogP contribution < -0.4 is 5.73 Å². The van der Waals surface area contributed by atoms with Crippen molar-refractivity contribution >= 4 is 11.8 Å². The van der Waals surface area contributed by atoms with Gasteiger partial charge in [0, 0.05) is 11.8 Å². The van der Waals surface area contributed by atoms with Gasteiger partial charge in [-0.3, -0.25) is 0 Å². The molecule has 0 spiro atoms. The van der Waals surface area contributed by atoms with Crippen molar-refractivity contribution in [3.05, 3.63) is 11.6 Å². The molecule has 2 N–H and O–H groups in total. The maximum absolute atomic E-state index is 6.04. The van der Waals surface area contributed by atoms with E-state index in [1.807, 2.05) is 11.8 Å². The van der Waals surface area contributed by atoms with Crippen LogP contribution in [0.2, 0.25) is 0 Å². The molecule has 0 aromatic rings. The third kappa shape index (κ3) is 3.20. The molecule has 0 saturated carbocycles. The second-order valence-electron chi connectivity index (χ2n) is 3.44. The number of hydrogen-bond donors (Lipinski definition) is 1. The Bertz CT molecular complexity index is 154. The van der Waals surface area contributed by atoms with Crippen molar-refractivity contribution in [3.63, 3.8) is 0 Å². The van der Waals surface area contributed by atoms with E-state index in [2.05, 4.69) is 12.3 Å². The van der Waals surface area contributed by atoms with E-state index in [0.29, 0.717) is 6.04 Å². The van der Waals surface area contributed by atoms with Crippen molar-refractivity contribution < 1.29 is 0 Å². The molecule has 70 valence electrons. The Hall–Kier alpha value is 0.0500. The summed E-state index contributed by atoms with van der Waals surface area (Å²) in [5.41, 5.74) is 7.54. The molecule has 1 rings (SSSR count). The average Bonchev–Trinajstić information content (AvgIpc) is 2.32. The molecule has 1 aliphatic rings. The quantitative estimate of drug-likeness (QED) is 0.684. The molecule has 0 heterocycles. The highest BCUT2D eigenvalue weighted by Crippen LogP contribution is 2.20. The monoisotopic (exact) mass is 185 g/mol. The summed E-state index contributed by atoms with van der Waals surface area (Å²) < 4.78 is 0. The predicted molar refractivity (Wildman–Crippen MR) is 57.5 cm³/mol. The molecule has 1 nitrogen and oxygen atoms in total. The van der Waals surface area contributed by atoms with Gasteiger partial charge in [-0.15, -0.1) is 0 Å². The predicted octanol–water partition coefficient (Wildman–Crippen LogP) is 2.57. The first kappa shape index (κ1) is 10.1. The minimum Gasteiger partial charge on any atom is -0.324 e. The summed E-state index contributed by atoms with van der Waals surface area (Å²) in [6, 6.07) is 0.318. The Labute approximate surface area is 79.8 Å². The molecule has 1 atom stereocenters. The summed E-state index contributed by atoms with van der Waals surface area (Å²) in [5, 5.41) is 0. The SMILES string of the molecule is CSCC(N)C1=CCCCCC1. The van der Waals surface area contributed by atoms with E-state index in [4.69, 9.17) is 5.73 Å². The van der Waals surface area contributed by atoms with Crippen molar-refractivity contribution in [2.45, 2.75) is 38.1 Å². The third-order valence-electron chi connectivity index (χ3n) is 2.40. The van der Waals surface area contributed by atoms with Gasteiger partial charge in [-0.1, -0.05) is 18.1 Å². The van der Waals surface area contributed by atoms with E-state index in [9.17, 15) is 0 Å². The van der Waals surface area contributed by atoms with Crippen LogP contribution in [-0.2, 0) is 0 Å². The van der Waals surface area contributed by atoms with Crippen molar-refractivity contribution in [3.8, 4) is 0 Å². The summed E-state index contributed by atoms with van der Waals surface area (Å²) in [4.78, 5) is 0. The normalized spacial score (nSPS) is 21.3. The fraction of sp³-hybridized carbons (Fsp3) is 0.800. The summed E-state index contributed by atoms with van der Waals surface area (Å²) in [6.07, 6.45) is 11.1. The zero-order chi connectivity index (χ0) is 8.81. The van der Waals surface area contributed by atoms with E-state index in [0.717, 1.165) is 5.75 Å².